The molecule has 0 fully saturated rings. The van der Waals surface area contributed by atoms with Crippen LogP contribution in [-0.2, 0) is 4.79 Å². The molecule has 0 aliphatic carbocycles. The number of allylic oxidation sites excluding steroid dienone is 2. The first kappa shape index (κ1) is 14.3. The number of benzene rings is 1. The van der Waals surface area contributed by atoms with Gasteiger partial charge in [0.25, 0.3) is 11.4 Å². The average Bonchev–Trinajstić information content (AvgIpc) is 2.27. The molecule has 100 valence electrons. The third-order valence-electron chi connectivity index (χ3n) is 2.36. The van der Waals surface area contributed by atoms with Gasteiger partial charge in [-0.3, -0.25) is 25.0 Å². The Hall–Kier alpha value is -2.77. The van der Waals surface area contributed by atoms with E-state index < -0.39 is 32.8 Å². The summed E-state index contributed by atoms with van der Waals surface area (Å²) >= 11 is 0. The molecular weight excluding hydrogens is 256 g/mol. The number of hydrogen-bond donors (Lipinski definition) is 0. The van der Waals surface area contributed by atoms with Gasteiger partial charge >= 0.3 is 0 Å². The van der Waals surface area contributed by atoms with Crippen LogP contribution in [0.15, 0.2) is 24.0 Å². The van der Waals surface area contributed by atoms with Crippen LogP contribution in [0.5, 0.6) is 0 Å². The van der Waals surface area contributed by atoms with Crippen LogP contribution in [0.4, 0.5) is 11.4 Å². The summed E-state index contributed by atoms with van der Waals surface area (Å²) in [5, 5.41) is 32.8. The van der Waals surface area contributed by atoms with Crippen LogP contribution >= 0.6 is 0 Å². The monoisotopic (exact) mass is 265 g/mol. The standard InChI is InChI=1S/C11H10N2O6/c1-6(14)11(7(2)15)9-4-3-8(12(16)17)5-10(9)13(18)19/h3-5,14H,1-2H3/p-1. The molecule has 1 rings (SSSR count). The summed E-state index contributed by atoms with van der Waals surface area (Å²) in [4.78, 5) is 31.2. The number of non-ortho nitro benzene ring substituents is 1. The molecule has 0 bridgehead atoms. The maximum absolute atomic E-state index is 11.4. The number of carbonyl (C=O) groups excluding carboxylic acids is 1. The maximum atomic E-state index is 11.4. The Kier molecular flexibility index (Phi) is 3.95. The predicted octanol–water partition coefficient (Wildman–Crippen LogP) is 1.18. The Labute approximate surface area is 107 Å². The number of hydrogen-bond acceptors (Lipinski definition) is 6. The second-order valence-corrected chi connectivity index (χ2v) is 3.70. The van der Waals surface area contributed by atoms with E-state index in [0.29, 0.717) is 0 Å². The van der Waals surface area contributed by atoms with E-state index in [2.05, 4.69) is 0 Å². The van der Waals surface area contributed by atoms with Gasteiger partial charge in [0.2, 0.25) is 0 Å². The molecule has 0 aliphatic rings. The van der Waals surface area contributed by atoms with Gasteiger partial charge in [0.05, 0.1) is 21.5 Å². The molecule has 1 aromatic rings. The molecule has 0 saturated heterocycles. The third-order valence-corrected chi connectivity index (χ3v) is 2.36. The van der Waals surface area contributed by atoms with E-state index in [4.69, 9.17) is 0 Å². The molecule has 19 heavy (non-hydrogen) atoms. The Bertz CT molecular complexity index is 601. The van der Waals surface area contributed by atoms with Crippen molar-refractivity contribution in [3.05, 3.63) is 49.8 Å². The van der Waals surface area contributed by atoms with Crippen molar-refractivity contribution in [1.29, 1.82) is 0 Å². The highest BCUT2D eigenvalue weighted by Crippen LogP contribution is 2.31. The van der Waals surface area contributed by atoms with Crippen molar-refractivity contribution in [3.63, 3.8) is 0 Å². The first-order chi connectivity index (χ1) is 8.75. The van der Waals surface area contributed by atoms with Crippen LogP contribution in [0.1, 0.15) is 19.4 Å². The van der Waals surface area contributed by atoms with Crippen LogP contribution in [0.2, 0.25) is 0 Å². The van der Waals surface area contributed by atoms with Crippen LogP contribution in [0.3, 0.4) is 0 Å². The Balaban J connectivity index is 3.61. The quantitative estimate of drug-likeness (QED) is 0.348. The lowest BCUT2D eigenvalue weighted by Gasteiger charge is -2.13. The molecule has 0 heterocycles. The Morgan fingerprint density at radius 2 is 1.68 bits per heavy atom. The predicted molar refractivity (Wildman–Crippen MR) is 63.0 cm³/mol. The fourth-order valence-corrected chi connectivity index (χ4v) is 1.62. The SMILES string of the molecule is CC(=O)C(=C(C)[O-])c1ccc([N+](=O)[O-])cc1[N+](=O)[O-]. The molecule has 0 radical (unpaired) electrons. The highest BCUT2D eigenvalue weighted by atomic mass is 16.6. The summed E-state index contributed by atoms with van der Waals surface area (Å²) in [5.41, 5.74) is -1.69. The molecule has 0 aromatic heterocycles. The fourth-order valence-electron chi connectivity index (χ4n) is 1.62. The average molecular weight is 265 g/mol. The minimum atomic E-state index is -0.867. The molecule has 0 aliphatic heterocycles. The van der Waals surface area contributed by atoms with Gasteiger partial charge in [-0.1, -0.05) is 6.92 Å². The minimum Gasteiger partial charge on any atom is -0.875 e. The topological polar surface area (TPSA) is 126 Å². The Morgan fingerprint density at radius 1 is 1.11 bits per heavy atom. The van der Waals surface area contributed by atoms with Crippen LogP contribution in [-0.4, -0.2) is 15.6 Å². The largest absolute Gasteiger partial charge is 0.875 e. The number of nitro benzene ring substituents is 2. The van der Waals surface area contributed by atoms with Crippen molar-refractivity contribution in [2.75, 3.05) is 0 Å². The van der Waals surface area contributed by atoms with E-state index in [1.807, 2.05) is 0 Å². The molecule has 0 spiro atoms. The maximum Gasteiger partial charge on any atom is 0.284 e. The lowest BCUT2D eigenvalue weighted by Crippen LogP contribution is -2.10. The number of rotatable bonds is 4. The lowest BCUT2D eigenvalue weighted by atomic mass is 9.99. The van der Waals surface area contributed by atoms with Crippen molar-refractivity contribution in [3.8, 4) is 0 Å². The van der Waals surface area contributed by atoms with Gasteiger partial charge < -0.3 is 5.11 Å². The second kappa shape index (κ2) is 5.25. The van der Waals surface area contributed by atoms with Crippen LogP contribution in [0.25, 0.3) is 5.57 Å². The van der Waals surface area contributed by atoms with Crippen LogP contribution < -0.4 is 5.11 Å². The van der Waals surface area contributed by atoms with Gasteiger partial charge in [-0.15, -0.1) is 5.76 Å². The summed E-state index contributed by atoms with van der Waals surface area (Å²) in [7, 11) is 0. The Morgan fingerprint density at radius 3 is 2.05 bits per heavy atom. The van der Waals surface area contributed by atoms with Gasteiger partial charge in [-0.2, -0.15) is 0 Å². The fraction of sp³-hybridized carbons (Fsp3) is 0.182. The van der Waals surface area contributed by atoms with E-state index >= 15 is 0 Å². The summed E-state index contributed by atoms with van der Waals surface area (Å²) < 4.78 is 0. The summed E-state index contributed by atoms with van der Waals surface area (Å²) in [5.74, 6) is -1.27. The summed E-state index contributed by atoms with van der Waals surface area (Å²) in [6.45, 7) is 2.20. The van der Waals surface area contributed by atoms with E-state index in [0.717, 1.165) is 32.0 Å². The van der Waals surface area contributed by atoms with E-state index in [9.17, 15) is 30.1 Å². The molecule has 0 saturated carbocycles. The zero-order valence-corrected chi connectivity index (χ0v) is 10.1. The normalized spacial score (nSPS) is 11.7. The number of Topliss-reactive ketones (excluding diaryl/α,β-unsaturated/α-hetero) is 1. The van der Waals surface area contributed by atoms with Crippen molar-refractivity contribution >= 4 is 22.7 Å². The molecule has 1 aromatic carbocycles. The zero-order chi connectivity index (χ0) is 14.7. The molecule has 0 N–H and O–H groups in total. The lowest BCUT2D eigenvalue weighted by molar-refractivity contribution is -0.394. The van der Waals surface area contributed by atoms with Gasteiger partial charge in [0.1, 0.15) is 0 Å². The van der Waals surface area contributed by atoms with Crippen molar-refractivity contribution in [1.82, 2.24) is 0 Å². The summed E-state index contributed by atoms with van der Waals surface area (Å²) in [6.07, 6.45) is 0. The van der Waals surface area contributed by atoms with Crippen molar-refractivity contribution in [2.24, 2.45) is 0 Å². The molecule has 0 unspecified atom stereocenters. The first-order valence-corrected chi connectivity index (χ1v) is 5.07. The number of nitro groups is 2. The van der Waals surface area contributed by atoms with Gasteiger partial charge in [0.15, 0.2) is 5.78 Å². The highest BCUT2D eigenvalue weighted by molar-refractivity contribution is 6.21. The van der Waals surface area contributed by atoms with E-state index in [-0.39, 0.29) is 11.1 Å². The minimum absolute atomic E-state index is 0.212. The highest BCUT2D eigenvalue weighted by Gasteiger charge is 2.23. The van der Waals surface area contributed by atoms with Gasteiger partial charge in [0, 0.05) is 11.6 Å². The summed E-state index contributed by atoms with van der Waals surface area (Å²) in [6, 6.07) is 2.77. The van der Waals surface area contributed by atoms with E-state index in [1.54, 1.807) is 0 Å². The number of nitrogens with zero attached hydrogens (tertiary/aromatic N) is 2. The van der Waals surface area contributed by atoms with Gasteiger partial charge in [-0.25, -0.2) is 0 Å². The van der Waals surface area contributed by atoms with E-state index in [1.165, 1.54) is 0 Å². The number of ketones is 1. The molecule has 8 heteroatoms. The zero-order valence-electron chi connectivity index (χ0n) is 10.1. The van der Waals surface area contributed by atoms with Gasteiger partial charge in [-0.05, 0) is 13.0 Å². The molecule has 8 nitrogen and oxygen atoms in total. The number of carbonyl (C=O) groups is 1. The van der Waals surface area contributed by atoms with Crippen molar-refractivity contribution in [2.45, 2.75) is 13.8 Å². The third kappa shape index (κ3) is 2.92. The second-order valence-electron chi connectivity index (χ2n) is 3.70. The van der Waals surface area contributed by atoms with Crippen molar-refractivity contribution < 1.29 is 19.7 Å². The molecular formula is C11H9N2O6-. The molecule has 0 amide bonds. The smallest absolute Gasteiger partial charge is 0.284 e. The van der Waals surface area contributed by atoms with Crippen LogP contribution in [0, 0.1) is 20.2 Å². The first-order valence-electron chi connectivity index (χ1n) is 5.07. The molecule has 0 atom stereocenters.